The first-order valence-electron chi connectivity index (χ1n) is 8.03. The molecule has 0 saturated heterocycles. The minimum atomic E-state index is -0.822. The molecule has 1 heterocycles. The zero-order valence-corrected chi connectivity index (χ0v) is 14.7. The average molecular weight is 361 g/mol. The highest BCUT2D eigenvalue weighted by atomic mass is 16.5. The summed E-state index contributed by atoms with van der Waals surface area (Å²) in [5.74, 6) is -0.124. The summed E-state index contributed by atoms with van der Waals surface area (Å²) in [5.41, 5.74) is 0.960. The van der Waals surface area contributed by atoms with Crippen LogP contribution in [0.3, 0.4) is 0 Å². The molecule has 0 aliphatic heterocycles. The summed E-state index contributed by atoms with van der Waals surface area (Å²) in [6.07, 6.45) is 1.40. The van der Waals surface area contributed by atoms with Crippen molar-refractivity contribution in [3.05, 3.63) is 75.7 Å². The van der Waals surface area contributed by atoms with Gasteiger partial charge in [-0.2, -0.15) is 5.26 Å². The molecule has 0 fully saturated rings. The SMILES string of the molecule is COc1ccccc1/C=C(\C#N)C(=O)Oc1ccc2c(C)cc(=O)oc2c1. The maximum Gasteiger partial charge on any atom is 0.354 e. The van der Waals surface area contributed by atoms with Crippen LogP contribution in [-0.2, 0) is 4.79 Å². The van der Waals surface area contributed by atoms with Crippen LogP contribution in [-0.4, -0.2) is 13.1 Å². The Morgan fingerprint density at radius 2 is 1.96 bits per heavy atom. The highest BCUT2D eigenvalue weighted by Crippen LogP contribution is 2.24. The van der Waals surface area contributed by atoms with Gasteiger partial charge in [0.2, 0.25) is 0 Å². The lowest BCUT2D eigenvalue weighted by Crippen LogP contribution is -2.10. The van der Waals surface area contributed by atoms with E-state index in [1.165, 1.54) is 25.3 Å². The van der Waals surface area contributed by atoms with Crippen LogP contribution in [0, 0.1) is 18.3 Å². The number of ether oxygens (including phenoxy) is 2. The van der Waals surface area contributed by atoms with Crippen molar-refractivity contribution in [2.24, 2.45) is 0 Å². The number of benzene rings is 2. The Bertz CT molecular complexity index is 1150. The van der Waals surface area contributed by atoms with Crippen LogP contribution in [0.4, 0.5) is 0 Å². The number of nitriles is 1. The summed E-state index contributed by atoms with van der Waals surface area (Å²) in [6.45, 7) is 1.79. The van der Waals surface area contributed by atoms with Crippen LogP contribution in [0.15, 0.2) is 63.3 Å². The predicted octanol–water partition coefficient (Wildman–Crippen LogP) is 3.62. The van der Waals surface area contributed by atoms with Gasteiger partial charge < -0.3 is 13.9 Å². The van der Waals surface area contributed by atoms with Gasteiger partial charge in [0.25, 0.3) is 0 Å². The molecular formula is C21H15NO5. The quantitative estimate of drug-likeness (QED) is 0.232. The molecule has 3 aromatic rings. The highest BCUT2D eigenvalue weighted by Gasteiger charge is 2.14. The molecule has 3 rings (SSSR count). The summed E-state index contributed by atoms with van der Waals surface area (Å²) in [5, 5.41) is 10.1. The van der Waals surface area contributed by atoms with Crippen molar-refractivity contribution >= 4 is 23.0 Å². The number of hydrogen-bond acceptors (Lipinski definition) is 6. The van der Waals surface area contributed by atoms with Crippen LogP contribution in [0.5, 0.6) is 11.5 Å². The number of carbonyl (C=O) groups excluding carboxylic acids is 1. The van der Waals surface area contributed by atoms with E-state index in [1.807, 2.05) is 6.07 Å². The van der Waals surface area contributed by atoms with E-state index in [2.05, 4.69) is 0 Å². The summed E-state index contributed by atoms with van der Waals surface area (Å²) < 4.78 is 15.6. The van der Waals surface area contributed by atoms with E-state index in [0.29, 0.717) is 16.9 Å². The van der Waals surface area contributed by atoms with E-state index >= 15 is 0 Å². The van der Waals surface area contributed by atoms with Gasteiger partial charge in [-0.25, -0.2) is 9.59 Å². The van der Waals surface area contributed by atoms with Crippen molar-refractivity contribution in [2.75, 3.05) is 7.11 Å². The van der Waals surface area contributed by atoms with Gasteiger partial charge in [0, 0.05) is 23.1 Å². The smallest absolute Gasteiger partial charge is 0.354 e. The minimum absolute atomic E-state index is 0.169. The van der Waals surface area contributed by atoms with Gasteiger partial charge in [-0.3, -0.25) is 0 Å². The molecule has 2 aromatic carbocycles. The van der Waals surface area contributed by atoms with Crippen LogP contribution < -0.4 is 15.1 Å². The molecule has 0 atom stereocenters. The Kier molecular flexibility index (Phi) is 5.04. The number of esters is 1. The van der Waals surface area contributed by atoms with E-state index in [4.69, 9.17) is 13.9 Å². The van der Waals surface area contributed by atoms with Gasteiger partial charge >= 0.3 is 11.6 Å². The molecule has 27 heavy (non-hydrogen) atoms. The van der Waals surface area contributed by atoms with Gasteiger partial charge in [-0.05, 0) is 36.8 Å². The first kappa shape index (κ1) is 18.0. The summed E-state index contributed by atoms with van der Waals surface area (Å²) in [6, 6.07) is 14.9. The van der Waals surface area contributed by atoms with Gasteiger partial charge in [0.1, 0.15) is 28.7 Å². The third-order valence-electron chi connectivity index (χ3n) is 3.91. The molecule has 0 N–H and O–H groups in total. The molecule has 0 spiro atoms. The van der Waals surface area contributed by atoms with E-state index in [0.717, 1.165) is 10.9 Å². The van der Waals surface area contributed by atoms with Gasteiger partial charge in [0.15, 0.2) is 0 Å². The van der Waals surface area contributed by atoms with Crippen molar-refractivity contribution in [3.8, 4) is 17.6 Å². The van der Waals surface area contributed by atoms with Crippen LogP contribution in [0.25, 0.3) is 17.0 Å². The van der Waals surface area contributed by atoms with Crippen molar-refractivity contribution in [2.45, 2.75) is 6.92 Å². The number of aryl methyl sites for hydroxylation is 1. The predicted molar refractivity (Wildman–Crippen MR) is 99.4 cm³/mol. The molecule has 6 nitrogen and oxygen atoms in total. The van der Waals surface area contributed by atoms with Crippen molar-refractivity contribution in [3.63, 3.8) is 0 Å². The molecule has 0 unspecified atom stereocenters. The Hall–Kier alpha value is -3.85. The molecule has 0 bridgehead atoms. The minimum Gasteiger partial charge on any atom is -0.496 e. The largest absolute Gasteiger partial charge is 0.496 e. The zero-order valence-electron chi connectivity index (χ0n) is 14.7. The molecule has 0 amide bonds. The summed E-state index contributed by atoms with van der Waals surface area (Å²) in [7, 11) is 1.50. The normalized spacial score (nSPS) is 11.1. The topological polar surface area (TPSA) is 89.5 Å². The summed E-state index contributed by atoms with van der Waals surface area (Å²) >= 11 is 0. The van der Waals surface area contributed by atoms with Crippen molar-refractivity contribution < 1.29 is 18.7 Å². The molecule has 6 heteroatoms. The zero-order chi connectivity index (χ0) is 19.4. The Labute approximate surface area is 154 Å². The van der Waals surface area contributed by atoms with E-state index in [-0.39, 0.29) is 11.3 Å². The molecule has 134 valence electrons. The Morgan fingerprint density at radius 1 is 1.19 bits per heavy atom. The molecule has 0 aliphatic carbocycles. The van der Waals surface area contributed by atoms with Crippen LogP contribution in [0.1, 0.15) is 11.1 Å². The Balaban J connectivity index is 1.91. The van der Waals surface area contributed by atoms with E-state index < -0.39 is 11.6 Å². The molecule has 0 radical (unpaired) electrons. The monoisotopic (exact) mass is 361 g/mol. The fraction of sp³-hybridized carbons (Fsp3) is 0.0952. The van der Waals surface area contributed by atoms with Gasteiger partial charge in [-0.15, -0.1) is 0 Å². The lowest BCUT2D eigenvalue weighted by atomic mass is 10.1. The maximum atomic E-state index is 12.4. The second-order valence-electron chi connectivity index (χ2n) is 5.71. The van der Waals surface area contributed by atoms with Crippen molar-refractivity contribution in [1.82, 2.24) is 0 Å². The molecule has 1 aromatic heterocycles. The standard InChI is InChI=1S/C21H15NO5/c1-13-9-20(23)27-19-11-16(7-8-17(13)19)26-21(24)15(12-22)10-14-5-3-4-6-18(14)25-2/h3-11H,1-2H3/b15-10+. The Morgan fingerprint density at radius 3 is 2.70 bits per heavy atom. The second-order valence-corrected chi connectivity index (χ2v) is 5.71. The van der Waals surface area contributed by atoms with E-state index in [1.54, 1.807) is 43.3 Å². The van der Waals surface area contributed by atoms with Crippen LogP contribution in [0.2, 0.25) is 0 Å². The average Bonchev–Trinajstić information content (AvgIpc) is 2.65. The second kappa shape index (κ2) is 7.58. The molecule has 0 aliphatic rings. The third-order valence-corrected chi connectivity index (χ3v) is 3.91. The maximum absolute atomic E-state index is 12.4. The summed E-state index contributed by atoms with van der Waals surface area (Å²) in [4.78, 5) is 23.9. The number of methoxy groups -OCH3 is 1. The fourth-order valence-corrected chi connectivity index (χ4v) is 2.61. The van der Waals surface area contributed by atoms with Gasteiger partial charge in [-0.1, -0.05) is 18.2 Å². The van der Waals surface area contributed by atoms with E-state index in [9.17, 15) is 14.9 Å². The third kappa shape index (κ3) is 3.88. The molecular weight excluding hydrogens is 346 g/mol. The fourth-order valence-electron chi connectivity index (χ4n) is 2.61. The van der Waals surface area contributed by atoms with Crippen molar-refractivity contribution in [1.29, 1.82) is 5.26 Å². The number of nitrogens with zero attached hydrogens (tertiary/aromatic N) is 1. The lowest BCUT2D eigenvalue weighted by Gasteiger charge is -2.07. The number of hydrogen-bond donors (Lipinski definition) is 0. The molecule has 0 saturated carbocycles. The first-order valence-corrected chi connectivity index (χ1v) is 8.03. The number of para-hydroxylation sites is 1. The first-order chi connectivity index (χ1) is 13.0. The van der Waals surface area contributed by atoms with Gasteiger partial charge in [0.05, 0.1) is 7.11 Å². The highest BCUT2D eigenvalue weighted by molar-refractivity contribution is 5.99. The number of carbonyl (C=O) groups is 1. The number of rotatable bonds is 4. The number of fused-ring (bicyclic) bond motifs is 1. The lowest BCUT2D eigenvalue weighted by molar-refractivity contribution is -0.129. The van der Waals surface area contributed by atoms with Crippen LogP contribution >= 0.6 is 0 Å².